The lowest BCUT2D eigenvalue weighted by molar-refractivity contribution is -0.116. The fraction of sp³-hybridized carbons (Fsp3) is 0.222. The second-order valence-corrected chi connectivity index (χ2v) is 8.44. The van der Waals surface area contributed by atoms with Crippen LogP contribution in [0, 0.1) is 5.82 Å². The number of aryl methyl sites for hydroxylation is 1. The molecule has 1 saturated carbocycles. The maximum atomic E-state index is 13.0. The van der Waals surface area contributed by atoms with Crippen LogP contribution in [0.2, 0.25) is 0 Å². The summed E-state index contributed by atoms with van der Waals surface area (Å²) < 4.78 is 20.6. The van der Waals surface area contributed by atoms with Crippen molar-refractivity contribution in [3.63, 3.8) is 0 Å². The molecular formula is C27H24FN3O3. The standard InChI is InChI=1S/C27H24FN3O3/c28-19-10-8-18(9-11-19)17-34-22-5-3-4-20(16-22)29-26(32)15-14-25-30-24-7-2-1-6-23(24)27(33)31(25)21-12-13-21/h1-11,16,21H,12-15,17H2,(H,29,32). The molecule has 1 aliphatic carbocycles. The number of carbonyl (C=O) groups excluding carboxylic acids is 1. The minimum absolute atomic E-state index is 0.0329. The van der Waals surface area contributed by atoms with E-state index in [9.17, 15) is 14.0 Å². The van der Waals surface area contributed by atoms with Gasteiger partial charge in [0.05, 0.1) is 10.9 Å². The van der Waals surface area contributed by atoms with E-state index in [2.05, 4.69) is 10.3 Å². The van der Waals surface area contributed by atoms with Crippen molar-refractivity contribution < 1.29 is 13.9 Å². The summed E-state index contributed by atoms with van der Waals surface area (Å²) in [6.45, 7) is 0.296. The first kappa shape index (κ1) is 21.8. The van der Waals surface area contributed by atoms with Crippen molar-refractivity contribution in [1.82, 2.24) is 9.55 Å². The lowest BCUT2D eigenvalue weighted by atomic mass is 10.2. The molecule has 0 spiro atoms. The Morgan fingerprint density at radius 2 is 1.85 bits per heavy atom. The highest BCUT2D eigenvalue weighted by Crippen LogP contribution is 2.35. The Balaban J connectivity index is 1.23. The van der Waals surface area contributed by atoms with Crippen molar-refractivity contribution in [1.29, 1.82) is 0 Å². The van der Waals surface area contributed by atoms with Gasteiger partial charge in [-0.05, 0) is 54.8 Å². The van der Waals surface area contributed by atoms with Crippen molar-refractivity contribution in [3.8, 4) is 5.75 Å². The number of halogens is 1. The molecule has 0 unspecified atom stereocenters. The first-order valence-corrected chi connectivity index (χ1v) is 11.3. The molecule has 0 aliphatic heterocycles. The molecule has 0 atom stereocenters. The molecule has 7 heteroatoms. The van der Waals surface area contributed by atoms with Gasteiger partial charge < -0.3 is 10.1 Å². The predicted octanol–water partition coefficient (Wildman–Crippen LogP) is 5.02. The van der Waals surface area contributed by atoms with Gasteiger partial charge in [0.1, 0.15) is 24.0 Å². The first-order chi connectivity index (χ1) is 16.6. The molecule has 6 nitrogen and oxygen atoms in total. The van der Waals surface area contributed by atoms with Crippen LogP contribution >= 0.6 is 0 Å². The number of hydrogen-bond acceptors (Lipinski definition) is 4. The molecule has 0 bridgehead atoms. The van der Waals surface area contributed by atoms with Crippen LogP contribution in [0.1, 0.15) is 36.7 Å². The Morgan fingerprint density at radius 3 is 2.65 bits per heavy atom. The number of carbonyl (C=O) groups is 1. The number of para-hydroxylation sites is 1. The summed E-state index contributed by atoms with van der Waals surface area (Å²) in [7, 11) is 0. The lowest BCUT2D eigenvalue weighted by Crippen LogP contribution is -2.25. The third-order valence-electron chi connectivity index (χ3n) is 5.81. The lowest BCUT2D eigenvalue weighted by Gasteiger charge is -2.13. The van der Waals surface area contributed by atoms with Crippen LogP contribution in [0.25, 0.3) is 10.9 Å². The fourth-order valence-corrected chi connectivity index (χ4v) is 3.94. The molecule has 34 heavy (non-hydrogen) atoms. The summed E-state index contributed by atoms with van der Waals surface area (Å²) in [5.41, 5.74) is 2.09. The van der Waals surface area contributed by atoms with Gasteiger partial charge in [0.15, 0.2) is 0 Å². The number of nitrogens with one attached hydrogen (secondary N) is 1. The average molecular weight is 458 g/mol. The largest absolute Gasteiger partial charge is 0.489 e. The minimum Gasteiger partial charge on any atom is -0.489 e. The van der Waals surface area contributed by atoms with E-state index in [4.69, 9.17) is 4.74 Å². The van der Waals surface area contributed by atoms with Gasteiger partial charge in [-0.15, -0.1) is 0 Å². The second kappa shape index (κ2) is 9.47. The van der Waals surface area contributed by atoms with Crippen molar-refractivity contribution in [3.05, 3.63) is 100 Å². The van der Waals surface area contributed by atoms with Crippen LogP contribution in [0.15, 0.2) is 77.6 Å². The summed E-state index contributed by atoms with van der Waals surface area (Å²) in [6, 6.07) is 20.8. The average Bonchev–Trinajstić information content (AvgIpc) is 3.68. The smallest absolute Gasteiger partial charge is 0.261 e. The number of amides is 1. The molecule has 1 fully saturated rings. The van der Waals surface area contributed by atoms with Crippen molar-refractivity contribution in [2.24, 2.45) is 0 Å². The van der Waals surface area contributed by atoms with E-state index in [1.54, 1.807) is 47.0 Å². The van der Waals surface area contributed by atoms with Gasteiger partial charge in [-0.2, -0.15) is 0 Å². The second-order valence-electron chi connectivity index (χ2n) is 8.44. The summed E-state index contributed by atoms with van der Waals surface area (Å²) in [4.78, 5) is 30.3. The normalized spacial score (nSPS) is 13.1. The van der Waals surface area contributed by atoms with E-state index in [1.165, 1.54) is 12.1 Å². The summed E-state index contributed by atoms with van der Waals surface area (Å²) in [6.07, 6.45) is 2.51. The number of fused-ring (bicyclic) bond motifs is 1. The van der Waals surface area contributed by atoms with Crippen LogP contribution in [0.4, 0.5) is 10.1 Å². The number of nitrogens with zero attached hydrogens (tertiary/aromatic N) is 2. The third kappa shape index (κ3) is 4.98. The van der Waals surface area contributed by atoms with Crippen molar-refractivity contribution in [2.75, 3.05) is 5.32 Å². The maximum Gasteiger partial charge on any atom is 0.261 e. The van der Waals surface area contributed by atoms with E-state index < -0.39 is 0 Å². The maximum absolute atomic E-state index is 13.0. The number of ether oxygens (including phenoxy) is 1. The number of benzene rings is 3. The molecule has 5 rings (SSSR count). The highest BCUT2D eigenvalue weighted by atomic mass is 19.1. The van der Waals surface area contributed by atoms with Gasteiger partial charge in [0.25, 0.3) is 5.56 Å². The van der Waals surface area contributed by atoms with E-state index in [-0.39, 0.29) is 29.7 Å². The molecule has 1 N–H and O–H groups in total. The molecule has 0 radical (unpaired) electrons. The van der Waals surface area contributed by atoms with Gasteiger partial charge in [-0.25, -0.2) is 9.37 Å². The van der Waals surface area contributed by atoms with Gasteiger partial charge in [0.2, 0.25) is 5.91 Å². The fourth-order valence-electron chi connectivity index (χ4n) is 3.94. The van der Waals surface area contributed by atoms with Crippen LogP contribution in [-0.2, 0) is 17.8 Å². The van der Waals surface area contributed by atoms with E-state index in [0.29, 0.717) is 41.2 Å². The van der Waals surface area contributed by atoms with Crippen LogP contribution in [0.3, 0.4) is 0 Å². The van der Waals surface area contributed by atoms with Gasteiger partial charge in [0, 0.05) is 30.6 Å². The number of anilines is 1. The quantitative estimate of drug-likeness (QED) is 0.403. The Labute approximate surface area is 196 Å². The van der Waals surface area contributed by atoms with Gasteiger partial charge >= 0.3 is 0 Å². The highest BCUT2D eigenvalue weighted by molar-refractivity contribution is 5.91. The molecule has 1 aliphatic rings. The van der Waals surface area contributed by atoms with E-state index in [1.807, 2.05) is 18.2 Å². The molecule has 1 heterocycles. The summed E-state index contributed by atoms with van der Waals surface area (Å²) in [5.74, 6) is 0.792. The van der Waals surface area contributed by atoms with Crippen molar-refractivity contribution >= 4 is 22.5 Å². The Hall–Kier alpha value is -4.00. The molecule has 1 aromatic heterocycles. The molecule has 3 aromatic carbocycles. The zero-order chi connectivity index (χ0) is 23.5. The molecule has 4 aromatic rings. The molecule has 1 amide bonds. The topological polar surface area (TPSA) is 73.2 Å². The van der Waals surface area contributed by atoms with E-state index >= 15 is 0 Å². The van der Waals surface area contributed by atoms with E-state index in [0.717, 1.165) is 18.4 Å². The molecule has 172 valence electrons. The van der Waals surface area contributed by atoms with Crippen LogP contribution in [0.5, 0.6) is 5.75 Å². The third-order valence-corrected chi connectivity index (χ3v) is 5.81. The first-order valence-electron chi connectivity index (χ1n) is 11.3. The molecule has 0 saturated heterocycles. The van der Waals surface area contributed by atoms with Crippen LogP contribution in [-0.4, -0.2) is 15.5 Å². The SMILES string of the molecule is O=C(CCc1nc2ccccc2c(=O)n1C1CC1)Nc1cccc(OCc2ccc(F)cc2)c1. The summed E-state index contributed by atoms with van der Waals surface area (Å²) in [5, 5.41) is 3.50. The Kier molecular flexibility index (Phi) is 6.08. The highest BCUT2D eigenvalue weighted by Gasteiger charge is 2.28. The van der Waals surface area contributed by atoms with Crippen LogP contribution < -0.4 is 15.6 Å². The number of hydrogen-bond donors (Lipinski definition) is 1. The summed E-state index contributed by atoms with van der Waals surface area (Å²) >= 11 is 0. The van der Waals surface area contributed by atoms with Crippen molar-refractivity contribution in [2.45, 2.75) is 38.3 Å². The number of rotatable bonds is 8. The minimum atomic E-state index is -0.290. The van der Waals surface area contributed by atoms with Gasteiger partial charge in [-0.1, -0.05) is 30.3 Å². The Bertz CT molecular complexity index is 1390. The number of aromatic nitrogens is 2. The zero-order valence-corrected chi connectivity index (χ0v) is 18.5. The van der Waals surface area contributed by atoms with Gasteiger partial charge in [-0.3, -0.25) is 14.2 Å². The predicted molar refractivity (Wildman–Crippen MR) is 128 cm³/mol. The zero-order valence-electron chi connectivity index (χ0n) is 18.5. The monoisotopic (exact) mass is 457 g/mol. The molecular weight excluding hydrogens is 433 g/mol. The Morgan fingerprint density at radius 1 is 1.06 bits per heavy atom.